The van der Waals surface area contributed by atoms with E-state index in [9.17, 15) is 0 Å². The Balaban J connectivity index is 2.85. The van der Waals surface area contributed by atoms with Gasteiger partial charge >= 0.3 is 0 Å². The van der Waals surface area contributed by atoms with Crippen molar-refractivity contribution in [3.05, 3.63) is 22.4 Å². The third-order valence-corrected chi connectivity index (χ3v) is 1.90. The highest BCUT2D eigenvalue weighted by Crippen LogP contribution is 2.07. The Morgan fingerprint density at radius 3 is 2.90 bits per heavy atom. The minimum absolute atomic E-state index is 0.509. The number of nitrogens with one attached hydrogen (secondary N) is 1. The zero-order chi connectivity index (χ0) is 7.40. The summed E-state index contributed by atoms with van der Waals surface area (Å²) in [6.45, 7) is 0. The van der Waals surface area contributed by atoms with Crippen LogP contribution in [-0.2, 0) is 0 Å². The van der Waals surface area contributed by atoms with Gasteiger partial charge in [0.2, 0.25) is 0 Å². The van der Waals surface area contributed by atoms with Crippen LogP contribution in [0, 0.1) is 0 Å². The summed E-state index contributed by atoms with van der Waals surface area (Å²) in [5.41, 5.74) is 2.39. The minimum Gasteiger partial charge on any atom is -0.321 e. The third-order valence-electron chi connectivity index (χ3n) is 1.02. The van der Waals surface area contributed by atoms with Crippen molar-refractivity contribution in [3.8, 4) is 0 Å². The second-order valence-electron chi connectivity index (χ2n) is 1.60. The standard InChI is InChI=1S/C5H8N4S/c6-8-5(9-7)4-2-1-3-10-4/h1-3H,6-7H2,(H,8,9). The van der Waals surface area contributed by atoms with Gasteiger partial charge in [-0.3, -0.25) is 0 Å². The summed E-state index contributed by atoms with van der Waals surface area (Å²) in [7, 11) is 0. The minimum atomic E-state index is 0.509. The first-order valence-electron chi connectivity index (χ1n) is 2.67. The second kappa shape index (κ2) is 3.19. The lowest BCUT2D eigenvalue weighted by Gasteiger charge is -1.97. The molecule has 0 unspecified atom stereocenters. The molecule has 1 aromatic heterocycles. The van der Waals surface area contributed by atoms with E-state index in [2.05, 4.69) is 10.5 Å². The molecule has 5 N–H and O–H groups in total. The van der Waals surface area contributed by atoms with Gasteiger partial charge in [-0.2, -0.15) is 5.10 Å². The van der Waals surface area contributed by atoms with E-state index >= 15 is 0 Å². The van der Waals surface area contributed by atoms with Gasteiger partial charge in [-0.15, -0.1) is 11.3 Å². The summed E-state index contributed by atoms with van der Waals surface area (Å²) in [6.07, 6.45) is 0. The Morgan fingerprint density at radius 2 is 2.50 bits per heavy atom. The molecule has 54 valence electrons. The number of hydrazine groups is 1. The van der Waals surface area contributed by atoms with E-state index in [-0.39, 0.29) is 0 Å². The van der Waals surface area contributed by atoms with Gasteiger partial charge in [0.05, 0.1) is 4.88 Å². The van der Waals surface area contributed by atoms with Gasteiger partial charge in [0.15, 0.2) is 5.84 Å². The molecular formula is C5H8N4S. The normalized spacial score (nSPS) is 11.5. The van der Waals surface area contributed by atoms with Crippen LogP contribution >= 0.6 is 11.3 Å². The fourth-order valence-corrected chi connectivity index (χ4v) is 1.27. The lowest BCUT2D eigenvalue weighted by atomic mass is 10.4. The predicted octanol–water partition coefficient (Wildman–Crippen LogP) is -0.168. The van der Waals surface area contributed by atoms with Gasteiger partial charge < -0.3 is 11.3 Å². The number of rotatable bonds is 1. The first-order valence-corrected chi connectivity index (χ1v) is 3.55. The molecule has 1 rings (SSSR count). The number of hydrogen-bond acceptors (Lipinski definition) is 4. The lowest BCUT2D eigenvalue weighted by molar-refractivity contribution is 1.01. The molecule has 0 aliphatic carbocycles. The maximum absolute atomic E-state index is 5.12. The Morgan fingerprint density at radius 1 is 1.70 bits per heavy atom. The molecule has 1 aromatic rings. The molecular weight excluding hydrogens is 148 g/mol. The van der Waals surface area contributed by atoms with Crippen LogP contribution in [0.5, 0.6) is 0 Å². The number of hydrazone groups is 1. The molecule has 0 bridgehead atoms. The van der Waals surface area contributed by atoms with Gasteiger partial charge in [-0.25, -0.2) is 5.84 Å². The van der Waals surface area contributed by atoms with Gasteiger partial charge in [0.25, 0.3) is 0 Å². The number of nitrogens with zero attached hydrogens (tertiary/aromatic N) is 1. The van der Waals surface area contributed by atoms with Crippen LogP contribution in [0.1, 0.15) is 4.88 Å². The van der Waals surface area contributed by atoms with E-state index in [1.807, 2.05) is 17.5 Å². The molecule has 0 aliphatic heterocycles. The van der Waals surface area contributed by atoms with E-state index in [1.165, 1.54) is 11.3 Å². The molecule has 0 atom stereocenters. The lowest BCUT2D eigenvalue weighted by Crippen LogP contribution is -2.31. The monoisotopic (exact) mass is 156 g/mol. The summed E-state index contributed by atoms with van der Waals surface area (Å²) in [5.74, 6) is 10.7. The van der Waals surface area contributed by atoms with Crippen LogP contribution in [0.25, 0.3) is 0 Å². The molecule has 4 nitrogen and oxygen atoms in total. The summed E-state index contributed by atoms with van der Waals surface area (Å²) >= 11 is 1.53. The van der Waals surface area contributed by atoms with Crippen LogP contribution in [0.4, 0.5) is 0 Å². The molecule has 0 aliphatic rings. The summed E-state index contributed by atoms with van der Waals surface area (Å²) in [4.78, 5) is 0.935. The van der Waals surface area contributed by atoms with Crippen LogP contribution in [0.3, 0.4) is 0 Å². The van der Waals surface area contributed by atoms with E-state index in [0.717, 1.165) is 4.88 Å². The SMILES string of the molecule is NN=C(NN)c1cccs1. The molecule has 0 fully saturated rings. The van der Waals surface area contributed by atoms with Crippen molar-refractivity contribution in [2.75, 3.05) is 0 Å². The van der Waals surface area contributed by atoms with E-state index < -0.39 is 0 Å². The molecule has 1 heterocycles. The van der Waals surface area contributed by atoms with Gasteiger partial charge in [-0.05, 0) is 11.4 Å². The molecule has 0 radical (unpaired) electrons. The van der Waals surface area contributed by atoms with E-state index in [4.69, 9.17) is 11.7 Å². The highest BCUT2D eigenvalue weighted by atomic mass is 32.1. The molecule has 0 aromatic carbocycles. The molecule has 0 spiro atoms. The van der Waals surface area contributed by atoms with Gasteiger partial charge in [0, 0.05) is 0 Å². The first kappa shape index (κ1) is 7.04. The quantitative estimate of drug-likeness (QED) is 0.229. The fraction of sp³-hybridized carbons (Fsp3) is 0. The predicted molar refractivity (Wildman–Crippen MR) is 42.4 cm³/mol. The fourth-order valence-electron chi connectivity index (χ4n) is 0.585. The number of hydrogen-bond donors (Lipinski definition) is 3. The van der Waals surface area contributed by atoms with Crippen LogP contribution < -0.4 is 17.1 Å². The van der Waals surface area contributed by atoms with Crippen molar-refractivity contribution in [2.24, 2.45) is 16.8 Å². The summed E-state index contributed by atoms with van der Waals surface area (Å²) < 4.78 is 0. The van der Waals surface area contributed by atoms with Crippen molar-refractivity contribution < 1.29 is 0 Å². The first-order chi connectivity index (χ1) is 4.88. The highest BCUT2D eigenvalue weighted by Gasteiger charge is 1.99. The van der Waals surface area contributed by atoms with Crippen molar-refractivity contribution in [2.45, 2.75) is 0 Å². The zero-order valence-corrected chi connectivity index (χ0v) is 6.06. The van der Waals surface area contributed by atoms with Gasteiger partial charge in [0.1, 0.15) is 0 Å². The second-order valence-corrected chi connectivity index (χ2v) is 2.55. The number of thiophene rings is 1. The van der Waals surface area contributed by atoms with Gasteiger partial charge in [-0.1, -0.05) is 6.07 Å². The van der Waals surface area contributed by atoms with E-state index in [1.54, 1.807) is 0 Å². The Hall–Kier alpha value is -1.07. The van der Waals surface area contributed by atoms with Crippen LogP contribution in [-0.4, -0.2) is 5.84 Å². The molecule has 10 heavy (non-hydrogen) atoms. The van der Waals surface area contributed by atoms with Crippen molar-refractivity contribution in [1.82, 2.24) is 5.43 Å². The topological polar surface area (TPSA) is 76.4 Å². The van der Waals surface area contributed by atoms with E-state index in [0.29, 0.717) is 5.84 Å². The smallest absolute Gasteiger partial charge is 0.176 e. The maximum Gasteiger partial charge on any atom is 0.176 e. The average molecular weight is 156 g/mol. The van der Waals surface area contributed by atoms with Crippen molar-refractivity contribution in [1.29, 1.82) is 0 Å². The Labute approximate surface area is 62.5 Å². The summed E-state index contributed by atoms with van der Waals surface area (Å²) in [6, 6.07) is 3.79. The maximum atomic E-state index is 5.12. The number of amidine groups is 1. The average Bonchev–Trinajstić information content (AvgIpc) is 2.43. The third kappa shape index (κ3) is 1.26. The largest absolute Gasteiger partial charge is 0.321 e. The highest BCUT2D eigenvalue weighted by molar-refractivity contribution is 7.12. The molecule has 5 heteroatoms. The number of nitrogens with two attached hydrogens (primary N) is 2. The zero-order valence-electron chi connectivity index (χ0n) is 5.24. The van der Waals surface area contributed by atoms with Crippen molar-refractivity contribution >= 4 is 17.2 Å². The van der Waals surface area contributed by atoms with Crippen LogP contribution in [0.2, 0.25) is 0 Å². The molecule has 0 saturated carbocycles. The molecule has 0 amide bonds. The van der Waals surface area contributed by atoms with Crippen LogP contribution in [0.15, 0.2) is 22.6 Å². The molecule has 0 saturated heterocycles. The summed E-state index contributed by atoms with van der Waals surface area (Å²) in [5, 5.41) is 5.37. The Kier molecular flexibility index (Phi) is 2.24. The van der Waals surface area contributed by atoms with Crippen molar-refractivity contribution in [3.63, 3.8) is 0 Å². The Bertz CT molecular complexity index is 216.